The van der Waals surface area contributed by atoms with Crippen LogP contribution in [0, 0.1) is 5.82 Å². The lowest BCUT2D eigenvalue weighted by atomic mass is 10.00. The van der Waals surface area contributed by atoms with E-state index in [0.717, 1.165) is 72.4 Å². The lowest BCUT2D eigenvalue weighted by Gasteiger charge is -2.12. The molecule has 0 amide bonds. The Morgan fingerprint density at radius 3 is 2.52 bits per heavy atom. The number of halogens is 1. The van der Waals surface area contributed by atoms with Gasteiger partial charge in [0.1, 0.15) is 11.5 Å². The van der Waals surface area contributed by atoms with E-state index in [-0.39, 0.29) is 5.82 Å². The summed E-state index contributed by atoms with van der Waals surface area (Å²) in [6.45, 7) is 10.7. The SMILES string of the molecule is C=C/C(=C\C(=C/C)c1ccc2[nH]nc(-c3cc4c(-c5cc(F)cc(CNS(=C)(=C)C)c5)cncc4[nH]3)c2c1)NC(=C)Cc1ccccc1. The third-order valence-corrected chi connectivity index (χ3v) is 8.85. The summed E-state index contributed by atoms with van der Waals surface area (Å²) >= 11 is 0. The summed E-state index contributed by atoms with van der Waals surface area (Å²) in [7, 11) is -1.44. The van der Waals surface area contributed by atoms with Gasteiger partial charge in [-0.15, -0.1) is 0 Å². The number of allylic oxidation sites excluding steroid dienone is 5. The summed E-state index contributed by atoms with van der Waals surface area (Å²) in [6, 6.07) is 23.6. The maximum atomic E-state index is 14.8. The molecule has 0 aliphatic carbocycles. The molecular weight excluding hydrogens is 616 g/mol. The largest absolute Gasteiger partial charge is 0.359 e. The number of H-pyrrole nitrogens is 2. The molecule has 6 aromatic rings. The van der Waals surface area contributed by atoms with Crippen LogP contribution in [0.15, 0.2) is 128 Å². The van der Waals surface area contributed by atoms with Crippen LogP contribution in [0.1, 0.15) is 23.6 Å². The van der Waals surface area contributed by atoms with Gasteiger partial charge in [-0.25, -0.2) is 4.39 Å². The third-order valence-electron chi connectivity index (χ3n) is 8.01. The number of pyridine rings is 1. The van der Waals surface area contributed by atoms with E-state index in [2.05, 4.69) is 92.5 Å². The third kappa shape index (κ3) is 7.41. The van der Waals surface area contributed by atoms with Crippen molar-refractivity contribution >= 4 is 48.5 Å². The van der Waals surface area contributed by atoms with Crippen molar-refractivity contribution in [3.8, 4) is 22.5 Å². The van der Waals surface area contributed by atoms with Gasteiger partial charge in [-0.3, -0.25) is 14.8 Å². The highest BCUT2D eigenvalue weighted by Crippen LogP contribution is 2.35. The van der Waals surface area contributed by atoms with Crippen LogP contribution in [0.25, 0.3) is 49.9 Å². The second-order valence-corrected chi connectivity index (χ2v) is 14.9. The van der Waals surface area contributed by atoms with E-state index in [1.807, 2.05) is 43.5 Å². The molecule has 242 valence electrons. The molecule has 3 heterocycles. The van der Waals surface area contributed by atoms with Crippen LogP contribution in [0.4, 0.5) is 4.39 Å². The highest BCUT2D eigenvalue weighted by Gasteiger charge is 2.16. The monoisotopic (exact) mass is 654 g/mol. The van der Waals surface area contributed by atoms with Crippen molar-refractivity contribution in [1.29, 1.82) is 0 Å². The molecule has 3 aromatic heterocycles. The number of aromatic nitrogens is 4. The van der Waals surface area contributed by atoms with Crippen LogP contribution < -0.4 is 10.0 Å². The Morgan fingerprint density at radius 2 is 1.77 bits per heavy atom. The van der Waals surface area contributed by atoms with Crippen molar-refractivity contribution in [3.05, 3.63) is 150 Å². The van der Waals surface area contributed by atoms with Crippen LogP contribution in [-0.4, -0.2) is 38.2 Å². The smallest absolute Gasteiger partial charge is 0.124 e. The number of fused-ring (bicyclic) bond motifs is 2. The fourth-order valence-electron chi connectivity index (χ4n) is 5.71. The Bertz CT molecular complexity index is 2320. The molecule has 0 bridgehead atoms. The van der Waals surface area contributed by atoms with Crippen LogP contribution >= 0.6 is 9.39 Å². The highest BCUT2D eigenvalue weighted by molar-refractivity contribution is 8.25. The zero-order chi connectivity index (χ0) is 33.8. The fourth-order valence-corrected chi connectivity index (χ4v) is 6.23. The zero-order valence-electron chi connectivity index (χ0n) is 27.2. The van der Waals surface area contributed by atoms with E-state index in [9.17, 15) is 4.39 Å². The average Bonchev–Trinajstić information content (AvgIpc) is 3.69. The maximum Gasteiger partial charge on any atom is 0.124 e. The molecule has 48 heavy (non-hydrogen) atoms. The lowest BCUT2D eigenvalue weighted by Crippen LogP contribution is -2.12. The molecule has 0 aliphatic heterocycles. The zero-order valence-corrected chi connectivity index (χ0v) is 28.1. The predicted octanol–water partition coefficient (Wildman–Crippen LogP) is 9.03. The molecule has 0 aliphatic rings. The van der Waals surface area contributed by atoms with Gasteiger partial charge in [0, 0.05) is 46.9 Å². The normalized spacial score (nSPS) is 12.5. The molecule has 0 saturated heterocycles. The van der Waals surface area contributed by atoms with Crippen LogP contribution in [0.5, 0.6) is 0 Å². The average molecular weight is 655 g/mol. The van der Waals surface area contributed by atoms with Gasteiger partial charge in [0.05, 0.1) is 22.9 Å². The first-order valence-corrected chi connectivity index (χ1v) is 17.9. The summed E-state index contributed by atoms with van der Waals surface area (Å²) in [6.07, 6.45) is 12.2. The minimum Gasteiger partial charge on any atom is -0.359 e. The topological polar surface area (TPSA) is 81.4 Å². The minimum absolute atomic E-state index is 0.308. The Labute approximate surface area is 281 Å². The number of nitrogens with zero attached hydrogens (tertiary/aromatic N) is 2. The van der Waals surface area contributed by atoms with E-state index >= 15 is 0 Å². The molecule has 0 unspecified atom stereocenters. The number of hydrogen-bond donors (Lipinski definition) is 4. The Balaban J connectivity index is 1.31. The quantitative estimate of drug-likeness (QED) is 0.0784. The number of nitrogens with one attached hydrogen (secondary N) is 4. The van der Waals surface area contributed by atoms with Crippen LogP contribution in [0.2, 0.25) is 0 Å². The summed E-state index contributed by atoms with van der Waals surface area (Å²) in [5.74, 6) is 7.82. The van der Waals surface area contributed by atoms with Crippen LogP contribution in [-0.2, 0) is 13.0 Å². The summed E-state index contributed by atoms with van der Waals surface area (Å²) in [4.78, 5) is 7.97. The van der Waals surface area contributed by atoms with E-state index in [1.165, 1.54) is 11.6 Å². The number of benzene rings is 3. The second-order valence-electron chi connectivity index (χ2n) is 12.0. The Morgan fingerprint density at radius 1 is 0.958 bits per heavy atom. The maximum absolute atomic E-state index is 14.8. The van der Waals surface area contributed by atoms with Gasteiger partial charge < -0.3 is 10.3 Å². The van der Waals surface area contributed by atoms with Crippen molar-refractivity contribution in [2.75, 3.05) is 6.26 Å². The molecule has 0 saturated carbocycles. The van der Waals surface area contributed by atoms with Gasteiger partial charge >= 0.3 is 0 Å². The summed E-state index contributed by atoms with van der Waals surface area (Å²) in [5, 5.41) is 13.2. The van der Waals surface area contributed by atoms with Crippen molar-refractivity contribution < 1.29 is 4.39 Å². The molecule has 8 heteroatoms. The van der Waals surface area contributed by atoms with Crippen LogP contribution in [0.3, 0.4) is 0 Å². The van der Waals surface area contributed by atoms with E-state index < -0.39 is 9.39 Å². The van der Waals surface area contributed by atoms with Crippen molar-refractivity contribution in [2.24, 2.45) is 0 Å². The highest BCUT2D eigenvalue weighted by atomic mass is 32.2. The van der Waals surface area contributed by atoms with Crippen molar-refractivity contribution in [2.45, 2.75) is 19.9 Å². The first kappa shape index (κ1) is 32.5. The predicted molar refractivity (Wildman–Crippen MR) is 206 cm³/mol. The van der Waals surface area contributed by atoms with E-state index in [0.29, 0.717) is 13.0 Å². The molecule has 6 rings (SSSR count). The molecule has 4 N–H and O–H groups in total. The Hall–Kier alpha value is -5.44. The van der Waals surface area contributed by atoms with Gasteiger partial charge in [0.25, 0.3) is 0 Å². The Kier molecular flexibility index (Phi) is 9.30. The van der Waals surface area contributed by atoms with Gasteiger partial charge in [-0.05, 0) is 89.6 Å². The van der Waals surface area contributed by atoms with E-state index in [1.54, 1.807) is 24.5 Å². The summed E-state index contributed by atoms with van der Waals surface area (Å²) in [5.41, 5.74) is 10.7. The second kappa shape index (κ2) is 13.7. The van der Waals surface area contributed by atoms with Gasteiger partial charge in [0.2, 0.25) is 0 Å². The lowest BCUT2D eigenvalue weighted by molar-refractivity contribution is 0.625. The number of hydrogen-bond acceptors (Lipinski definition) is 4. The van der Waals surface area contributed by atoms with Gasteiger partial charge in [0.15, 0.2) is 0 Å². The fraction of sp³-hybridized carbons (Fsp3) is 0.100. The minimum atomic E-state index is -1.44. The number of aromatic amines is 2. The molecule has 0 radical (unpaired) electrons. The number of rotatable bonds is 12. The molecular formula is C40H39FN6S. The van der Waals surface area contributed by atoms with Crippen molar-refractivity contribution in [3.63, 3.8) is 0 Å². The van der Waals surface area contributed by atoms with Gasteiger partial charge in [-0.2, -0.15) is 14.5 Å². The molecule has 6 nitrogen and oxygen atoms in total. The standard InChI is InChI=1S/C40H39FN6S/c1-7-29(20-33(8-2)44-26(3)16-27-12-10-9-11-13-27)30-14-15-37-35(21-30)40(47-46-37)38-22-34-36(24-42-25-39(34)45-38)31-17-28(18-32(41)19-31)23-43-48(4,5)6/h7-15,17-22,24-25,43-45H,2-5,16,23H2,1,6H3,(H,46,47)/b29-7+,33-20+. The molecule has 3 aromatic carbocycles. The molecule has 0 spiro atoms. The van der Waals surface area contributed by atoms with Gasteiger partial charge in [-0.1, -0.05) is 67.4 Å². The molecule has 0 fully saturated rings. The first-order chi connectivity index (χ1) is 23.1. The van der Waals surface area contributed by atoms with Crippen molar-refractivity contribution in [1.82, 2.24) is 30.2 Å². The molecule has 0 atom stereocenters. The van der Waals surface area contributed by atoms with E-state index in [4.69, 9.17) is 5.10 Å². The first-order valence-electron chi connectivity index (χ1n) is 15.5. The summed E-state index contributed by atoms with van der Waals surface area (Å²) < 4.78 is 18.1.